The molecule has 0 atom stereocenters. The molecule has 2 N–H and O–H groups in total. The van der Waals surface area contributed by atoms with Gasteiger partial charge in [-0.2, -0.15) is 0 Å². The molecule has 0 saturated heterocycles. The van der Waals surface area contributed by atoms with E-state index in [-0.39, 0.29) is 12.5 Å². The van der Waals surface area contributed by atoms with Gasteiger partial charge in [0.25, 0.3) is 0 Å². The topological polar surface area (TPSA) is 83.8 Å². The van der Waals surface area contributed by atoms with Crippen molar-refractivity contribution in [2.75, 3.05) is 6.61 Å². The van der Waals surface area contributed by atoms with E-state index >= 15 is 0 Å². The van der Waals surface area contributed by atoms with Crippen molar-refractivity contribution in [2.24, 2.45) is 5.92 Å². The van der Waals surface area contributed by atoms with Crippen LogP contribution in [0.15, 0.2) is 30.3 Å². The molecule has 0 aromatic heterocycles. The van der Waals surface area contributed by atoms with E-state index in [0.717, 1.165) is 12.8 Å². The fourth-order valence-electron chi connectivity index (χ4n) is 1.30. The summed E-state index contributed by atoms with van der Waals surface area (Å²) in [5, 5.41) is 16.6. The highest BCUT2D eigenvalue weighted by Gasteiger charge is 2.10. The predicted molar refractivity (Wildman–Crippen MR) is 71.3 cm³/mol. The molecule has 0 aliphatic heterocycles. The van der Waals surface area contributed by atoms with Crippen LogP contribution in [0.4, 0.5) is 0 Å². The van der Waals surface area contributed by atoms with Gasteiger partial charge in [-0.1, -0.05) is 32.0 Å². The number of rotatable bonds is 6. The molecule has 0 aliphatic carbocycles. The average Bonchev–Trinajstić information content (AvgIpc) is 2.39. The van der Waals surface area contributed by atoms with Crippen molar-refractivity contribution in [3.05, 3.63) is 30.3 Å². The number of carboxylic acids is 2. The van der Waals surface area contributed by atoms with Crippen LogP contribution in [0, 0.1) is 5.92 Å². The molecule has 1 aromatic rings. The van der Waals surface area contributed by atoms with Gasteiger partial charge in [-0.3, -0.25) is 4.79 Å². The Balaban J connectivity index is 0.000000362. The number of para-hydroxylation sites is 1. The molecule has 5 heteroatoms. The Hall–Kier alpha value is -2.04. The van der Waals surface area contributed by atoms with Gasteiger partial charge in [-0.25, -0.2) is 4.79 Å². The van der Waals surface area contributed by atoms with E-state index in [0.29, 0.717) is 5.75 Å². The number of aliphatic carboxylic acids is 2. The first-order valence-electron chi connectivity index (χ1n) is 6.13. The molecule has 0 heterocycles. The molecule has 0 bridgehead atoms. The summed E-state index contributed by atoms with van der Waals surface area (Å²) in [5.74, 6) is -1.19. The van der Waals surface area contributed by atoms with Gasteiger partial charge in [-0.05, 0) is 25.0 Å². The zero-order valence-corrected chi connectivity index (χ0v) is 11.2. The Morgan fingerprint density at radius 3 is 1.95 bits per heavy atom. The molecule has 5 nitrogen and oxygen atoms in total. The first-order valence-corrected chi connectivity index (χ1v) is 6.13. The zero-order chi connectivity index (χ0) is 14.7. The fourth-order valence-corrected chi connectivity index (χ4v) is 1.30. The van der Waals surface area contributed by atoms with Crippen LogP contribution in [0.2, 0.25) is 0 Å². The van der Waals surface area contributed by atoms with Crippen LogP contribution in [0.5, 0.6) is 5.75 Å². The molecule has 0 radical (unpaired) electrons. The van der Waals surface area contributed by atoms with E-state index in [1.54, 1.807) is 24.3 Å². The van der Waals surface area contributed by atoms with Gasteiger partial charge in [0.05, 0.1) is 5.92 Å². The number of carboxylic acid groups (broad SMARTS) is 2. The summed E-state index contributed by atoms with van der Waals surface area (Å²) in [4.78, 5) is 20.2. The van der Waals surface area contributed by atoms with Crippen molar-refractivity contribution in [2.45, 2.75) is 26.7 Å². The largest absolute Gasteiger partial charge is 0.482 e. The standard InChI is InChI=1S/C8H8O3.C6H12O2/c9-8(10)6-11-7-4-2-1-3-5-7;1-3-5(4-2)6(7)8/h1-5H,6H2,(H,9,10);5H,3-4H2,1-2H3,(H,7,8). The summed E-state index contributed by atoms with van der Waals surface area (Å²) in [6, 6.07) is 8.84. The van der Waals surface area contributed by atoms with Gasteiger partial charge in [0.15, 0.2) is 6.61 Å². The molecule has 0 fully saturated rings. The number of hydrogen-bond acceptors (Lipinski definition) is 3. The Labute approximate surface area is 112 Å². The van der Waals surface area contributed by atoms with Crippen molar-refractivity contribution < 1.29 is 24.5 Å². The first-order chi connectivity index (χ1) is 9.01. The van der Waals surface area contributed by atoms with Crippen LogP contribution in [0.3, 0.4) is 0 Å². The highest BCUT2D eigenvalue weighted by Crippen LogP contribution is 2.07. The van der Waals surface area contributed by atoms with Crippen molar-refractivity contribution >= 4 is 11.9 Å². The Morgan fingerprint density at radius 1 is 1.11 bits per heavy atom. The van der Waals surface area contributed by atoms with E-state index in [1.807, 2.05) is 19.9 Å². The van der Waals surface area contributed by atoms with Crippen LogP contribution in [0.1, 0.15) is 26.7 Å². The maximum absolute atomic E-state index is 10.2. The minimum absolute atomic E-state index is 0.130. The Bertz CT molecular complexity index is 371. The lowest BCUT2D eigenvalue weighted by atomic mass is 10.1. The highest BCUT2D eigenvalue weighted by atomic mass is 16.5. The van der Waals surface area contributed by atoms with Gasteiger partial charge in [0.2, 0.25) is 0 Å². The Morgan fingerprint density at radius 2 is 1.63 bits per heavy atom. The summed E-state index contributed by atoms with van der Waals surface area (Å²) in [5.41, 5.74) is 0. The van der Waals surface area contributed by atoms with Crippen molar-refractivity contribution in [3.63, 3.8) is 0 Å². The molecule has 0 saturated carbocycles. The lowest BCUT2D eigenvalue weighted by Gasteiger charge is -2.02. The van der Waals surface area contributed by atoms with E-state index < -0.39 is 11.9 Å². The third-order valence-electron chi connectivity index (χ3n) is 2.44. The summed E-state index contributed by atoms with van der Waals surface area (Å²) >= 11 is 0. The third-order valence-corrected chi connectivity index (χ3v) is 2.44. The quantitative estimate of drug-likeness (QED) is 0.828. The minimum Gasteiger partial charge on any atom is -0.482 e. The smallest absolute Gasteiger partial charge is 0.341 e. The van der Waals surface area contributed by atoms with E-state index in [1.165, 1.54) is 0 Å². The van der Waals surface area contributed by atoms with E-state index in [9.17, 15) is 9.59 Å². The number of benzene rings is 1. The lowest BCUT2D eigenvalue weighted by Crippen LogP contribution is -2.10. The van der Waals surface area contributed by atoms with Crippen LogP contribution in [-0.2, 0) is 9.59 Å². The summed E-state index contributed by atoms with van der Waals surface area (Å²) in [6.07, 6.45) is 1.48. The molecular weight excluding hydrogens is 248 g/mol. The fraction of sp³-hybridized carbons (Fsp3) is 0.429. The minimum atomic E-state index is -0.964. The van der Waals surface area contributed by atoms with Crippen molar-refractivity contribution in [1.29, 1.82) is 0 Å². The SMILES string of the molecule is CCC(CC)C(=O)O.O=C(O)COc1ccccc1. The van der Waals surface area contributed by atoms with E-state index in [2.05, 4.69) is 0 Å². The molecule has 19 heavy (non-hydrogen) atoms. The molecule has 1 rings (SSSR count). The van der Waals surface area contributed by atoms with Crippen LogP contribution >= 0.6 is 0 Å². The number of ether oxygens (including phenoxy) is 1. The first kappa shape index (κ1) is 17.0. The van der Waals surface area contributed by atoms with Gasteiger partial charge in [0.1, 0.15) is 5.75 Å². The summed E-state index contributed by atoms with van der Waals surface area (Å²) < 4.78 is 4.87. The van der Waals surface area contributed by atoms with Gasteiger partial charge in [-0.15, -0.1) is 0 Å². The highest BCUT2D eigenvalue weighted by molar-refractivity contribution is 5.69. The Kier molecular flexibility index (Phi) is 8.87. The average molecular weight is 268 g/mol. The molecule has 0 spiro atoms. The van der Waals surface area contributed by atoms with Gasteiger partial charge >= 0.3 is 11.9 Å². The van der Waals surface area contributed by atoms with Gasteiger partial charge in [0, 0.05) is 0 Å². The van der Waals surface area contributed by atoms with Gasteiger partial charge < -0.3 is 14.9 Å². The zero-order valence-electron chi connectivity index (χ0n) is 11.2. The second kappa shape index (κ2) is 9.94. The normalized spacial score (nSPS) is 9.42. The second-order valence-electron chi connectivity index (χ2n) is 3.85. The van der Waals surface area contributed by atoms with Crippen molar-refractivity contribution in [1.82, 2.24) is 0 Å². The maximum atomic E-state index is 10.2. The molecular formula is C14H20O5. The van der Waals surface area contributed by atoms with Crippen LogP contribution in [0.25, 0.3) is 0 Å². The molecule has 0 aliphatic rings. The second-order valence-corrected chi connectivity index (χ2v) is 3.85. The summed E-state index contributed by atoms with van der Waals surface area (Å²) in [7, 11) is 0. The maximum Gasteiger partial charge on any atom is 0.341 e. The van der Waals surface area contributed by atoms with Crippen LogP contribution < -0.4 is 4.74 Å². The predicted octanol–water partition coefficient (Wildman–Crippen LogP) is 2.66. The summed E-state index contributed by atoms with van der Waals surface area (Å²) in [6.45, 7) is 3.49. The molecule has 106 valence electrons. The number of hydrogen-bond donors (Lipinski definition) is 2. The molecule has 0 unspecified atom stereocenters. The molecule has 0 amide bonds. The third kappa shape index (κ3) is 8.65. The monoisotopic (exact) mass is 268 g/mol. The number of carbonyl (C=O) groups is 2. The van der Waals surface area contributed by atoms with Crippen LogP contribution in [-0.4, -0.2) is 28.8 Å². The molecule has 1 aromatic carbocycles. The van der Waals surface area contributed by atoms with Crippen molar-refractivity contribution in [3.8, 4) is 5.75 Å². The lowest BCUT2D eigenvalue weighted by molar-refractivity contribution is -0.142. The van der Waals surface area contributed by atoms with E-state index in [4.69, 9.17) is 14.9 Å².